The summed E-state index contributed by atoms with van der Waals surface area (Å²) in [7, 11) is 0. The molecule has 8 heteroatoms. The Balaban J connectivity index is 1.51. The molecule has 1 N–H and O–H groups in total. The van der Waals surface area contributed by atoms with E-state index < -0.39 is 0 Å². The minimum Gasteiger partial charge on any atom is -0.454 e. The molecule has 2 aromatic carbocycles. The van der Waals surface area contributed by atoms with Crippen molar-refractivity contribution in [2.75, 3.05) is 12.2 Å². The second kappa shape index (κ2) is 5.76. The third-order valence-corrected chi connectivity index (χ3v) is 3.25. The lowest BCUT2D eigenvalue weighted by Crippen LogP contribution is -2.03. The summed E-state index contributed by atoms with van der Waals surface area (Å²) in [5, 5.41) is 15.7. The van der Waals surface area contributed by atoms with Crippen LogP contribution < -0.4 is 14.9 Å². The van der Waals surface area contributed by atoms with Crippen LogP contribution in [0.25, 0.3) is 5.69 Å². The number of fused-ring (bicyclic) bond motifs is 1. The fourth-order valence-electron chi connectivity index (χ4n) is 2.16. The molecule has 2 heterocycles. The van der Waals surface area contributed by atoms with Crippen molar-refractivity contribution in [3.63, 3.8) is 0 Å². The summed E-state index contributed by atoms with van der Waals surface area (Å²) in [5.74, 6) is 1.87. The molecule has 0 bridgehead atoms. The van der Waals surface area contributed by atoms with Crippen LogP contribution in [0.2, 0.25) is 0 Å². The van der Waals surface area contributed by atoms with Crippen LogP contribution in [0.15, 0.2) is 53.6 Å². The van der Waals surface area contributed by atoms with Gasteiger partial charge < -0.3 is 9.47 Å². The van der Waals surface area contributed by atoms with Gasteiger partial charge >= 0.3 is 0 Å². The van der Waals surface area contributed by atoms with E-state index in [4.69, 9.17) is 9.47 Å². The Morgan fingerprint density at radius 3 is 2.87 bits per heavy atom. The first-order valence-corrected chi connectivity index (χ1v) is 6.93. The molecule has 1 aliphatic rings. The second-order valence-electron chi connectivity index (χ2n) is 4.73. The number of benzene rings is 2. The lowest BCUT2D eigenvalue weighted by molar-refractivity contribution is 0.174. The van der Waals surface area contributed by atoms with Crippen molar-refractivity contribution in [1.82, 2.24) is 20.2 Å². The lowest BCUT2D eigenvalue weighted by Gasteiger charge is -2.02. The molecular weight excluding hydrogens is 296 g/mol. The van der Waals surface area contributed by atoms with E-state index >= 15 is 0 Å². The van der Waals surface area contributed by atoms with Crippen LogP contribution in [0.1, 0.15) is 5.56 Å². The molecule has 0 unspecified atom stereocenters. The van der Waals surface area contributed by atoms with E-state index in [1.54, 1.807) is 10.9 Å². The predicted octanol–water partition coefficient (Wildman–Crippen LogP) is 1.84. The van der Waals surface area contributed by atoms with Gasteiger partial charge in [-0.25, -0.2) is 5.43 Å². The van der Waals surface area contributed by atoms with Gasteiger partial charge in [0.15, 0.2) is 11.5 Å². The minimum atomic E-state index is 0.250. The quantitative estimate of drug-likeness (QED) is 0.584. The van der Waals surface area contributed by atoms with Crippen molar-refractivity contribution < 1.29 is 9.47 Å². The van der Waals surface area contributed by atoms with Crippen molar-refractivity contribution in [2.45, 2.75) is 0 Å². The lowest BCUT2D eigenvalue weighted by atomic mass is 10.2. The Labute approximate surface area is 131 Å². The van der Waals surface area contributed by atoms with Gasteiger partial charge in [-0.1, -0.05) is 23.3 Å². The molecular formula is C15H12N6O2. The van der Waals surface area contributed by atoms with E-state index in [0.29, 0.717) is 11.7 Å². The van der Waals surface area contributed by atoms with E-state index in [2.05, 4.69) is 26.1 Å². The van der Waals surface area contributed by atoms with Gasteiger partial charge in [0, 0.05) is 0 Å². The number of hydrogen-bond acceptors (Lipinski definition) is 7. The topological polar surface area (TPSA) is 86.5 Å². The summed E-state index contributed by atoms with van der Waals surface area (Å²) < 4.78 is 12.2. The van der Waals surface area contributed by atoms with Gasteiger partial charge in [0.25, 0.3) is 5.95 Å². The molecule has 1 aromatic heterocycles. The average molecular weight is 308 g/mol. The Morgan fingerprint density at radius 1 is 1.09 bits per heavy atom. The number of para-hydroxylation sites is 1. The molecule has 23 heavy (non-hydrogen) atoms. The SMILES string of the molecule is C(=NNc1nnnn1-c1ccccc1)c1ccc2c(c1)OCO2. The highest BCUT2D eigenvalue weighted by molar-refractivity contribution is 5.81. The highest BCUT2D eigenvalue weighted by Crippen LogP contribution is 2.31. The molecule has 1 aliphatic heterocycles. The van der Waals surface area contributed by atoms with Crippen LogP contribution in [0.5, 0.6) is 11.5 Å². The maximum absolute atomic E-state index is 5.33. The molecule has 0 saturated heterocycles. The van der Waals surface area contributed by atoms with Gasteiger partial charge in [0.1, 0.15) is 0 Å². The smallest absolute Gasteiger partial charge is 0.268 e. The number of nitrogens with one attached hydrogen (secondary N) is 1. The third kappa shape index (κ3) is 2.69. The first-order valence-electron chi connectivity index (χ1n) is 6.93. The number of rotatable bonds is 4. The molecule has 8 nitrogen and oxygen atoms in total. The zero-order valence-corrected chi connectivity index (χ0v) is 12.0. The molecule has 0 radical (unpaired) electrons. The summed E-state index contributed by atoms with van der Waals surface area (Å²) in [6.07, 6.45) is 1.66. The van der Waals surface area contributed by atoms with Crippen LogP contribution in [0.4, 0.5) is 5.95 Å². The molecule has 114 valence electrons. The van der Waals surface area contributed by atoms with Crippen molar-refractivity contribution >= 4 is 12.2 Å². The molecule has 0 spiro atoms. The largest absolute Gasteiger partial charge is 0.454 e. The number of ether oxygens (including phenoxy) is 2. The Hall–Kier alpha value is -3.42. The number of hydrazone groups is 1. The first kappa shape index (κ1) is 13.3. The molecule has 3 aromatic rings. The standard InChI is InChI=1S/C15H12N6O2/c1-2-4-12(5-3-1)21-15(18-19-20-21)17-16-9-11-6-7-13-14(8-11)23-10-22-13/h1-9H,10H2,(H,17,18,20). The van der Waals surface area contributed by atoms with Crippen molar-refractivity contribution in [2.24, 2.45) is 5.10 Å². The highest BCUT2D eigenvalue weighted by Gasteiger charge is 2.12. The van der Waals surface area contributed by atoms with Crippen LogP contribution in [-0.2, 0) is 0 Å². The van der Waals surface area contributed by atoms with E-state index in [1.165, 1.54) is 0 Å². The van der Waals surface area contributed by atoms with Crippen LogP contribution in [-0.4, -0.2) is 33.2 Å². The molecule has 0 aliphatic carbocycles. The Kier molecular flexibility index (Phi) is 3.32. The van der Waals surface area contributed by atoms with Crippen LogP contribution in [0.3, 0.4) is 0 Å². The zero-order valence-electron chi connectivity index (χ0n) is 12.0. The fraction of sp³-hybridized carbons (Fsp3) is 0.0667. The van der Waals surface area contributed by atoms with Crippen molar-refractivity contribution in [3.8, 4) is 17.2 Å². The summed E-state index contributed by atoms with van der Waals surface area (Å²) in [5.41, 5.74) is 4.55. The van der Waals surface area contributed by atoms with Crippen molar-refractivity contribution in [3.05, 3.63) is 54.1 Å². The Morgan fingerprint density at radius 2 is 1.96 bits per heavy atom. The van der Waals surface area contributed by atoms with Gasteiger partial charge in [0.05, 0.1) is 11.9 Å². The third-order valence-electron chi connectivity index (χ3n) is 3.25. The molecule has 0 atom stereocenters. The van der Waals surface area contributed by atoms with E-state index in [0.717, 1.165) is 17.0 Å². The maximum atomic E-state index is 5.33. The zero-order chi connectivity index (χ0) is 15.5. The van der Waals surface area contributed by atoms with Gasteiger partial charge in [-0.05, 0) is 46.3 Å². The monoisotopic (exact) mass is 308 g/mol. The summed E-state index contributed by atoms with van der Waals surface area (Å²) in [4.78, 5) is 0. The number of anilines is 1. The summed E-state index contributed by atoms with van der Waals surface area (Å²) >= 11 is 0. The molecule has 0 fully saturated rings. The van der Waals surface area contributed by atoms with Crippen LogP contribution >= 0.6 is 0 Å². The molecule has 0 amide bonds. The fourth-order valence-corrected chi connectivity index (χ4v) is 2.16. The van der Waals surface area contributed by atoms with Gasteiger partial charge in [-0.3, -0.25) is 0 Å². The van der Waals surface area contributed by atoms with Gasteiger partial charge in [-0.15, -0.1) is 0 Å². The van der Waals surface area contributed by atoms with E-state index in [9.17, 15) is 0 Å². The summed E-state index contributed by atoms with van der Waals surface area (Å²) in [6, 6.07) is 15.2. The second-order valence-corrected chi connectivity index (χ2v) is 4.73. The predicted molar refractivity (Wildman–Crippen MR) is 82.9 cm³/mol. The molecule has 0 saturated carbocycles. The van der Waals surface area contributed by atoms with Crippen LogP contribution in [0, 0.1) is 0 Å². The van der Waals surface area contributed by atoms with Gasteiger partial charge in [0.2, 0.25) is 6.79 Å². The van der Waals surface area contributed by atoms with Crippen molar-refractivity contribution in [1.29, 1.82) is 0 Å². The van der Waals surface area contributed by atoms with E-state index in [1.807, 2.05) is 48.5 Å². The van der Waals surface area contributed by atoms with E-state index in [-0.39, 0.29) is 6.79 Å². The minimum absolute atomic E-state index is 0.250. The average Bonchev–Trinajstić information content (AvgIpc) is 3.24. The number of tetrazole rings is 1. The normalized spacial score (nSPS) is 12.7. The number of hydrogen-bond donors (Lipinski definition) is 1. The maximum Gasteiger partial charge on any atom is 0.268 e. The molecule has 4 rings (SSSR count). The first-order chi connectivity index (χ1) is 11.4. The van der Waals surface area contributed by atoms with Gasteiger partial charge in [-0.2, -0.15) is 9.78 Å². The highest BCUT2D eigenvalue weighted by atomic mass is 16.7. The summed E-state index contributed by atoms with van der Waals surface area (Å²) in [6.45, 7) is 0.250. The Bertz CT molecular complexity index is 846. The number of aromatic nitrogens is 4. The number of nitrogens with zero attached hydrogens (tertiary/aromatic N) is 5.